The molecule has 104 valence electrons. The molecule has 0 aliphatic carbocycles. The van der Waals surface area contributed by atoms with E-state index in [1.165, 1.54) is 0 Å². The van der Waals surface area contributed by atoms with Crippen LogP contribution in [0.5, 0.6) is 0 Å². The van der Waals surface area contributed by atoms with Gasteiger partial charge in [-0.15, -0.1) is 0 Å². The molecule has 0 bridgehead atoms. The van der Waals surface area contributed by atoms with Crippen LogP contribution in [0.1, 0.15) is 0 Å². The molecule has 2 amide bonds. The largest absolute Gasteiger partial charge is 0.360 e. The number of amides is 2. The van der Waals surface area contributed by atoms with Crippen molar-refractivity contribution in [1.29, 1.82) is 0 Å². The average Bonchev–Trinajstić information content (AvgIpc) is 2.40. The third-order valence-electron chi connectivity index (χ3n) is 1.92. The van der Waals surface area contributed by atoms with Gasteiger partial charge in [-0.2, -0.15) is 8.42 Å². The Morgan fingerprint density at radius 3 is 1.85 bits per heavy atom. The van der Waals surface area contributed by atoms with Crippen molar-refractivity contribution in [2.75, 3.05) is 5.32 Å². The Hall–Kier alpha value is -2.18. The van der Waals surface area contributed by atoms with Gasteiger partial charge in [0.2, 0.25) is 0 Å². The van der Waals surface area contributed by atoms with E-state index in [0.717, 1.165) is 5.02 Å². The molecule has 0 atom stereocenters. The van der Waals surface area contributed by atoms with Crippen molar-refractivity contribution >= 4 is 33.8 Å². The topological polar surface area (TPSA) is 75.6 Å². The number of carbonyl (C=O) groups is 1. The number of halogens is 1. The van der Waals surface area contributed by atoms with Gasteiger partial charge in [0.05, 0.1) is 0 Å². The Morgan fingerprint density at radius 1 is 0.950 bits per heavy atom. The highest BCUT2D eigenvalue weighted by Crippen LogP contribution is 2.05. The van der Waals surface area contributed by atoms with Gasteiger partial charge in [0.15, 0.2) is 0 Å². The van der Waals surface area contributed by atoms with Crippen molar-refractivity contribution in [3.05, 3.63) is 65.7 Å². The minimum absolute atomic E-state index is 0.502. The van der Waals surface area contributed by atoms with Crippen LogP contribution >= 0.6 is 11.6 Å². The van der Waals surface area contributed by atoms with E-state index in [1.54, 1.807) is 30.3 Å². The summed E-state index contributed by atoms with van der Waals surface area (Å²) in [5.41, 5.74) is 0.502. The van der Waals surface area contributed by atoms with Crippen molar-refractivity contribution < 1.29 is 13.2 Å². The van der Waals surface area contributed by atoms with E-state index in [0.29, 0.717) is 5.69 Å². The Kier molecular flexibility index (Phi) is 7.02. The van der Waals surface area contributed by atoms with Crippen LogP contribution in [0.2, 0.25) is 5.02 Å². The van der Waals surface area contributed by atoms with Gasteiger partial charge in [-0.25, -0.2) is 4.79 Å². The molecule has 0 aliphatic rings. The van der Waals surface area contributed by atoms with Gasteiger partial charge in [-0.3, -0.25) is 0 Å². The molecule has 0 heterocycles. The zero-order valence-corrected chi connectivity index (χ0v) is 11.8. The van der Waals surface area contributed by atoms with E-state index in [4.69, 9.17) is 11.6 Å². The number of rotatable bonds is 1. The first-order valence-corrected chi connectivity index (χ1v) is 6.86. The average molecular weight is 311 g/mol. The minimum atomic E-state index is -2.71. The Labute approximate surface area is 122 Å². The summed E-state index contributed by atoms with van der Waals surface area (Å²) in [6.45, 7) is 0. The summed E-state index contributed by atoms with van der Waals surface area (Å²) in [5.74, 6) is 0. The molecule has 7 heteroatoms. The molecule has 0 spiro atoms. The van der Waals surface area contributed by atoms with Crippen molar-refractivity contribution in [3.63, 3.8) is 0 Å². The number of hydrogen-bond donors (Lipinski definition) is 1. The highest BCUT2D eigenvalue weighted by molar-refractivity contribution is 7.62. The molecule has 1 N–H and O–H groups in total. The van der Waals surface area contributed by atoms with Gasteiger partial charge in [0, 0.05) is 10.7 Å². The van der Waals surface area contributed by atoms with Crippen LogP contribution in [0.4, 0.5) is 10.5 Å². The summed E-state index contributed by atoms with van der Waals surface area (Å²) in [5, 5.41) is 3.07. The maximum absolute atomic E-state index is 10.8. The van der Waals surface area contributed by atoms with Gasteiger partial charge in [0.1, 0.15) is 0 Å². The third kappa shape index (κ3) is 7.30. The van der Waals surface area contributed by atoms with Crippen LogP contribution in [0.3, 0.4) is 0 Å². The van der Waals surface area contributed by atoms with Gasteiger partial charge in [-0.1, -0.05) is 52.4 Å². The fourth-order valence-corrected chi connectivity index (χ4v) is 1.48. The van der Waals surface area contributed by atoms with E-state index in [9.17, 15) is 13.2 Å². The number of nitrogens with one attached hydrogen (secondary N) is 1. The lowest BCUT2D eigenvalue weighted by Crippen LogP contribution is -2.05. The fraction of sp³-hybridized carbons (Fsp3) is 0. The lowest BCUT2D eigenvalue weighted by atomic mass is 10.3. The number of benzene rings is 2. The zero-order chi connectivity index (χ0) is 14.8. The molecule has 20 heavy (non-hydrogen) atoms. The smallest absolute Gasteiger partial charge is 0.305 e. The number of anilines is 1. The van der Waals surface area contributed by atoms with Crippen LogP contribution in [-0.2, 0) is 10.5 Å². The second-order valence-electron chi connectivity index (χ2n) is 3.40. The normalized spacial score (nSPS) is 8.85. The lowest BCUT2D eigenvalue weighted by Gasteiger charge is -1.97. The fourth-order valence-electron chi connectivity index (χ4n) is 1.15. The summed E-state index contributed by atoms with van der Waals surface area (Å²) in [6, 6.07) is 17.0. The molecule has 2 aromatic rings. The molecule has 5 nitrogen and oxygen atoms in total. The Balaban J connectivity index is 0.000000240. The van der Waals surface area contributed by atoms with E-state index in [1.807, 2.05) is 30.3 Å². The minimum Gasteiger partial charge on any atom is -0.305 e. The lowest BCUT2D eigenvalue weighted by molar-refractivity contribution is 0.260. The number of para-hydroxylation sites is 1. The standard InChI is InChI=1S/C7H6N2O3S.C6H5Cl/c10-7(9-13(11)12)8-6-4-2-1-3-5-6;7-6-4-2-1-3-5-6/h1-5H,(H,8,10);1-5H. The summed E-state index contributed by atoms with van der Waals surface area (Å²) < 4.78 is 22.7. The molecule has 0 fully saturated rings. The van der Waals surface area contributed by atoms with Crippen molar-refractivity contribution in [2.24, 2.45) is 4.36 Å². The summed E-state index contributed by atoms with van der Waals surface area (Å²) in [7, 11) is -2.71. The first kappa shape index (κ1) is 15.9. The maximum Gasteiger partial charge on any atom is 0.360 e. The maximum atomic E-state index is 10.8. The monoisotopic (exact) mass is 310 g/mol. The predicted molar refractivity (Wildman–Crippen MR) is 78.3 cm³/mol. The molecule has 0 saturated heterocycles. The van der Waals surface area contributed by atoms with Crippen LogP contribution in [0, 0.1) is 0 Å². The Bertz CT molecular complexity index is 665. The van der Waals surface area contributed by atoms with Gasteiger partial charge in [-0.05, 0) is 24.3 Å². The first-order chi connectivity index (χ1) is 9.58. The van der Waals surface area contributed by atoms with E-state index in [2.05, 4.69) is 9.68 Å². The van der Waals surface area contributed by atoms with Crippen LogP contribution in [-0.4, -0.2) is 14.4 Å². The highest BCUT2D eigenvalue weighted by atomic mass is 35.5. The highest BCUT2D eigenvalue weighted by Gasteiger charge is 1.97. The Morgan fingerprint density at radius 2 is 1.45 bits per heavy atom. The second-order valence-corrected chi connectivity index (χ2v) is 4.45. The second kappa shape index (κ2) is 8.84. The zero-order valence-electron chi connectivity index (χ0n) is 10.2. The third-order valence-corrected chi connectivity index (χ3v) is 2.48. The van der Waals surface area contributed by atoms with E-state index in [-0.39, 0.29) is 0 Å². The molecule has 0 unspecified atom stereocenters. The summed E-state index contributed by atoms with van der Waals surface area (Å²) >= 11 is 5.54. The van der Waals surface area contributed by atoms with Crippen molar-refractivity contribution in [1.82, 2.24) is 0 Å². The number of urea groups is 1. The molecule has 0 aliphatic heterocycles. The van der Waals surface area contributed by atoms with Crippen LogP contribution in [0.15, 0.2) is 65.0 Å². The number of nitrogens with zero attached hydrogens (tertiary/aromatic N) is 1. The SMILES string of the molecule is Clc1ccccc1.O=C(N=S(=O)=O)Nc1ccccc1. The molecule has 0 saturated carbocycles. The van der Waals surface area contributed by atoms with Gasteiger partial charge in [0.25, 0.3) is 0 Å². The van der Waals surface area contributed by atoms with E-state index >= 15 is 0 Å². The van der Waals surface area contributed by atoms with Crippen molar-refractivity contribution in [3.8, 4) is 0 Å². The number of hydrogen-bond acceptors (Lipinski definition) is 3. The number of carbonyl (C=O) groups excluding carboxylic acids is 1. The summed E-state index contributed by atoms with van der Waals surface area (Å²) in [4.78, 5) is 10.8. The van der Waals surface area contributed by atoms with Crippen molar-refractivity contribution in [2.45, 2.75) is 0 Å². The molecular weight excluding hydrogens is 300 g/mol. The molecule has 0 radical (unpaired) electrons. The molecule has 2 rings (SSSR count). The van der Waals surface area contributed by atoms with Gasteiger partial charge < -0.3 is 5.32 Å². The van der Waals surface area contributed by atoms with Crippen LogP contribution in [0.25, 0.3) is 0 Å². The quantitative estimate of drug-likeness (QED) is 0.874. The first-order valence-electron chi connectivity index (χ1n) is 5.45. The van der Waals surface area contributed by atoms with Gasteiger partial charge >= 0.3 is 16.5 Å². The summed E-state index contributed by atoms with van der Waals surface area (Å²) in [6.07, 6.45) is 0. The molecule has 0 aromatic heterocycles. The van der Waals surface area contributed by atoms with E-state index < -0.39 is 16.5 Å². The molecular formula is C13H11ClN2O3S. The molecule has 2 aromatic carbocycles. The predicted octanol–water partition coefficient (Wildman–Crippen LogP) is 3.62. The van der Waals surface area contributed by atoms with Crippen LogP contribution < -0.4 is 5.32 Å².